The normalized spacial score (nSPS) is 10.4. The highest BCUT2D eigenvalue weighted by molar-refractivity contribution is 9.10. The summed E-state index contributed by atoms with van der Waals surface area (Å²) in [5.74, 6) is 0.0310. The third-order valence-corrected chi connectivity index (χ3v) is 3.05. The van der Waals surface area contributed by atoms with Crippen molar-refractivity contribution in [1.82, 2.24) is 4.90 Å². The summed E-state index contributed by atoms with van der Waals surface area (Å²) in [6, 6.07) is 5.73. The van der Waals surface area contributed by atoms with E-state index >= 15 is 0 Å². The Kier molecular flexibility index (Phi) is 5.65. The van der Waals surface area contributed by atoms with Gasteiger partial charge in [0.25, 0.3) is 5.91 Å². The van der Waals surface area contributed by atoms with Gasteiger partial charge < -0.3 is 9.64 Å². The fourth-order valence-corrected chi connectivity index (χ4v) is 1.84. The third kappa shape index (κ3) is 4.13. The number of amides is 1. The van der Waals surface area contributed by atoms with Gasteiger partial charge in [-0.25, -0.2) is 0 Å². The van der Waals surface area contributed by atoms with Gasteiger partial charge >= 0.3 is 0 Å². The summed E-state index contributed by atoms with van der Waals surface area (Å²) in [6.45, 7) is 5.75. The summed E-state index contributed by atoms with van der Waals surface area (Å²) in [5, 5.41) is 0. The topological polar surface area (TPSA) is 29.5 Å². The van der Waals surface area contributed by atoms with Crippen LogP contribution in [0.5, 0.6) is 0 Å². The standard InChI is InChI=1S/C13H18BrNO2/c1-4-17-8-7-15(3)13(16)12-9-11(14)6-5-10(12)2/h5-6,9H,4,7-8H2,1-3H3. The van der Waals surface area contributed by atoms with E-state index < -0.39 is 0 Å². The summed E-state index contributed by atoms with van der Waals surface area (Å²) >= 11 is 3.38. The van der Waals surface area contributed by atoms with Crippen molar-refractivity contribution in [3.63, 3.8) is 0 Å². The van der Waals surface area contributed by atoms with Gasteiger partial charge in [-0.2, -0.15) is 0 Å². The fraction of sp³-hybridized carbons (Fsp3) is 0.462. The Morgan fingerprint density at radius 3 is 2.82 bits per heavy atom. The number of hydrogen-bond donors (Lipinski definition) is 0. The summed E-state index contributed by atoms with van der Waals surface area (Å²) in [6.07, 6.45) is 0. The Morgan fingerprint density at radius 2 is 2.18 bits per heavy atom. The van der Waals surface area contributed by atoms with Gasteiger partial charge in [0.1, 0.15) is 0 Å². The van der Waals surface area contributed by atoms with Crippen LogP contribution in [0, 0.1) is 6.92 Å². The maximum Gasteiger partial charge on any atom is 0.253 e. The Balaban J connectivity index is 2.71. The zero-order chi connectivity index (χ0) is 12.8. The molecule has 0 fully saturated rings. The Bertz CT molecular complexity index is 393. The van der Waals surface area contributed by atoms with Crippen molar-refractivity contribution >= 4 is 21.8 Å². The van der Waals surface area contributed by atoms with Crippen LogP contribution in [0.25, 0.3) is 0 Å². The first kappa shape index (κ1) is 14.2. The van der Waals surface area contributed by atoms with Crippen molar-refractivity contribution in [2.75, 3.05) is 26.8 Å². The molecule has 0 aliphatic heterocycles. The van der Waals surface area contributed by atoms with E-state index in [1.807, 2.05) is 32.0 Å². The van der Waals surface area contributed by atoms with E-state index in [1.54, 1.807) is 11.9 Å². The minimum absolute atomic E-state index is 0.0310. The maximum atomic E-state index is 12.2. The molecule has 0 bridgehead atoms. The van der Waals surface area contributed by atoms with E-state index in [0.29, 0.717) is 19.8 Å². The molecule has 0 aliphatic carbocycles. The van der Waals surface area contributed by atoms with Crippen LogP contribution in [0.2, 0.25) is 0 Å². The largest absolute Gasteiger partial charge is 0.380 e. The van der Waals surface area contributed by atoms with Gasteiger partial charge in [-0.1, -0.05) is 22.0 Å². The van der Waals surface area contributed by atoms with Gasteiger partial charge in [-0.05, 0) is 31.5 Å². The SMILES string of the molecule is CCOCCN(C)C(=O)c1cc(Br)ccc1C. The average molecular weight is 300 g/mol. The number of likely N-dealkylation sites (N-methyl/N-ethyl adjacent to an activating group) is 1. The number of carbonyl (C=O) groups excluding carboxylic acids is 1. The lowest BCUT2D eigenvalue weighted by molar-refractivity contribution is 0.0709. The molecule has 1 amide bonds. The highest BCUT2D eigenvalue weighted by Crippen LogP contribution is 2.17. The predicted octanol–water partition coefficient (Wildman–Crippen LogP) is 2.87. The number of nitrogens with zero attached hydrogens (tertiary/aromatic N) is 1. The first-order valence-electron chi connectivity index (χ1n) is 5.65. The molecule has 1 aromatic rings. The van der Waals surface area contributed by atoms with Crippen LogP contribution in [0.15, 0.2) is 22.7 Å². The molecule has 0 aromatic heterocycles. The molecule has 4 heteroatoms. The van der Waals surface area contributed by atoms with Crippen LogP contribution in [0.4, 0.5) is 0 Å². The van der Waals surface area contributed by atoms with E-state index in [2.05, 4.69) is 15.9 Å². The van der Waals surface area contributed by atoms with Crippen LogP contribution < -0.4 is 0 Å². The first-order chi connectivity index (χ1) is 8.06. The first-order valence-corrected chi connectivity index (χ1v) is 6.45. The van der Waals surface area contributed by atoms with Crippen molar-refractivity contribution in [3.05, 3.63) is 33.8 Å². The van der Waals surface area contributed by atoms with E-state index in [-0.39, 0.29) is 5.91 Å². The highest BCUT2D eigenvalue weighted by atomic mass is 79.9. The van der Waals surface area contributed by atoms with Crippen LogP contribution in [0.1, 0.15) is 22.8 Å². The molecule has 0 unspecified atom stereocenters. The van der Waals surface area contributed by atoms with Crippen molar-refractivity contribution in [2.24, 2.45) is 0 Å². The molecule has 0 N–H and O–H groups in total. The second-order valence-electron chi connectivity index (χ2n) is 3.88. The number of halogens is 1. The Morgan fingerprint density at radius 1 is 1.47 bits per heavy atom. The molecule has 0 atom stereocenters. The van der Waals surface area contributed by atoms with Gasteiger partial charge in [0.05, 0.1) is 6.61 Å². The van der Waals surface area contributed by atoms with Crippen LogP contribution >= 0.6 is 15.9 Å². The quantitative estimate of drug-likeness (QED) is 0.783. The zero-order valence-electron chi connectivity index (χ0n) is 10.5. The molecule has 0 radical (unpaired) electrons. The number of carbonyl (C=O) groups is 1. The number of hydrogen-bond acceptors (Lipinski definition) is 2. The molecular weight excluding hydrogens is 282 g/mol. The van der Waals surface area contributed by atoms with Crippen LogP contribution in [-0.4, -0.2) is 37.6 Å². The number of benzene rings is 1. The summed E-state index contributed by atoms with van der Waals surface area (Å²) < 4.78 is 6.16. The second-order valence-corrected chi connectivity index (χ2v) is 4.80. The monoisotopic (exact) mass is 299 g/mol. The molecule has 0 saturated heterocycles. The summed E-state index contributed by atoms with van der Waals surface area (Å²) in [5.41, 5.74) is 1.72. The van der Waals surface area contributed by atoms with Gasteiger partial charge in [0.15, 0.2) is 0 Å². The molecular formula is C13H18BrNO2. The second kappa shape index (κ2) is 6.77. The Hall–Kier alpha value is -0.870. The minimum atomic E-state index is 0.0310. The molecule has 0 heterocycles. The van der Waals surface area contributed by atoms with Gasteiger partial charge in [0, 0.05) is 30.2 Å². The Labute approximate surface area is 111 Å². The summed E-state index contributed by atoms with van der Waals surface area (Å²) in [7, 11) is 1.79. The lowest BCUT2D eigenvalue weighted by atomic mass is 10.1. The maximum absolute atomic E-state index is 12.2. The smallest absolute Gasteiger partial charge is 0.253 e. The highest BCUT2D eigenvalue weighted by Gasteiger charge is 2.13. The zero-order valence-corrected chi connectivity index (χ0v) is 12.1. The van der Waals surface area contributed by atoms with E-state index in [9.17, 15) is 4.79 Å². The molecule has 0 saturated carbocycles. The van der Waals surface area contributed by atoms with Crippen molar-refractivity contribution in [1.29, 1.82) is 0 Å². The van der Waals surface area contributed by atoms with E-state index in [4.69, 9.17) is 4.74 Å². The van der Waals surface area contributed by atoms with Gasteiger partial charge in [0.2, 0.25) is 0 Å². The van der Waals surface area contributed by atoms with E-state index in [0.717, 1.165) is 15.6 Å². The van der Waals surface area contributed by atoms with Crippen molar-refractivity contribution in [2.45, 2.75) is 13.8 Å². The molecule has 1 aromatic carbocycles. The molecule has 17 heavy (non-hydrogen) atoms. The number of aryl methyl sites for hydroxylation is 1. The van der Waals surface area contributed by atoms with Crippen LogP contribution in [0.3, 0.4) is 0 Å². The lowest BCUT2D eigenvalue weighted by Crippen LogP contribution is -2.30. The van der Waals surface area contributed by atoms with Crippen molar-refractivity contribution < 1.29 is 9.53 Å². The van der Waals surface area contributed by atoms with E-state index in [1.165, 1.54) is 0 Å². The third-order valence-electron chi connectivity index (χ3n) is 2.55. The van der Waals surface area contributed by atoms with Crippen molar-refractivity contribution in [3.8, 4) is 0 Å². The molecule has 94 valence electrons. The molecule has 3 nitrogen and oxygen atoms in total. The average Bonchev–Trinajstić information content (AvgIpc) is 2.31. The summed E-state index contributed by atoms with van der Waals surface area (Å²) in [4.78, 5) is 13.8. The number of rotatable bonds is 5. The van der Waals surface area contributed by atoms with Gasteiger partial charge in [-0.15, -0.1) is 0 Å². The van der Waals surface area contributed by atoms with Gasteiger partial charge in [-0.3, -0.25) is 4.79 Å². The fourth-order valence-electron chi connectivity index (χ4n) is 1.48. The molecule has 0 aliphatic rings. The lowest BCUT2D eigenvalue weighted by Gasteiger charge is -2.18. The number of ether oxygens (including phenoxy) is 1. The predicted molar refractivity (Wildman–Crippen MR) is 72.3 cm³/mol. The molecule has 0 spiro atoms. The van der Waals surface area contributed by atoms with Crippen LogP contribution in [-0.2, 0) is 4.74 Å². The minimum Gasteiger partial charge on any atom is -0.380 e. The molecule has 1 rings (SSSR count).